The number of nitrogens with zero attached hydrogens (tertiary/aromatic N) is 3. The highest BCUT2D eigenvalue weighted by molar-refractivity contribution is 5.62. The fourth-order valence-electron chi connectivity index (χ4n) is 2.23. The van der Waals surface area contributed by atoms with Crippen LogP contribution in [0.5, 0.6) is 0 Å². The Hall–Kier alpha value is -2.95. The van der Waals surface area contributed by atoms with Gasteiger partial charge in [0.1, 0.15) is 11.6 Å². The zero-order chi connectivity index (χ0) is 16.2. The van der Waals surface area contributed by atoms with Crippen molar-refractivity contribution in [3.8, 4) is 0 Å². The summed E-state index contributed by atoms with van der Waals surface area (Å²) < 4.78 is 13.0. The Labute approximate surface area is 134 Å². The third-order valence-electron chi connectivity index (χ3n) is 3.43. The normalized spacial score (nSPS) is 10.4. The van der Waals surface area contributed by atoms with Gasteiger partial charge in [0, 0.05) is 30.2 Å². The third kappa shape index (κ3) is 3.63. The van der Waals surface area contributed by atoms with Crippen molar-refractivity contribution in [2.75, 3.05) is 17.3 Å². The van der Waals surface area contributed by atoms with E-state index < -0.39 is 0 Å². The minimum absolute atomic E-state index is 0.273. The molecule has 0 radical (unpaired) electrons. The van der Waals surface area contributed by atoms with E-state index in [2.05, 4.69) is 15.3 Å². The molecule has 0 aliphatic carbocycles. The van der Waals surface area contributed by atoms with Crippen LogP contribution in [0.2, 0.25) is 0 Å². The van der Waals surface area contributed by atoms with Gasteiger partial charge in [-0.05, 0) is 43.3 Å². The Bertz CT molecular complexity index is 788. The highest BCUT2D eigenvalue weighted by Gasteiger charge is 2.09. The lowest BCUT2D eigenvalue weighted by Gasteiger charge is -2.19. The number of benzene rings is 2. The van der Waals surface area contributed by atoms with Crippen molar-refractivity contribution >= 4 is 23.1 Å². The van der Waals surface area contributed by atoms with Crippen LogP contribution in [0, 0.1) is 12.7 Å². The summed E-state index contributed by atoms with van der Waals surface area (Å²) in [7, 11) is 1.96. The summed E-state index contributed by atoms with van der Waals surface area (Å²) >= 11 is 0. The fourth-order valence-corrected chi connectivity index (χ4v) is 2.23. The second-order valence-electron chi connectivity index (χ2n) is 5.22. The standard InChI is InChI=1S/C18H17FN4/c1-13-12-17(23(2)16-6-4-3-5-7-16)22-18(20-13)21-15-10-8-14(19)9-11-15/h3-12H,1-2H3,(H,20,21,22). The first-order valence-corrected chi connectivity index (χ1v) is 7.29. The number of hydrogen-bond acceptors (Lipinski definition) is 4. The quantitative estimate of drug-likeness (QED) is 0.774. The molecule has 23 heavy (non-hydrogen) atoms. The predicted molar refractivity (Wildman–Crippen MR) is 91.0 cm³/mol. The van der Waals surface area contributed by atoms with E-state index in [9.17, 15) is 4.39 Å². The monoisotopic (exact) mass is 308 g/mol. The van der Waals surface area contributed by atoms with Crippen LogP contribution in [0.25, 0.3) is 0 Å². The van der Waals surface area contributed by atoms with E-state index in [1.165, 1.54) is 12.1 Å². The van der Waals surface area contributed by atoms with Gasteiger partial charge in [0.15, 0.2) is 0 Å². The Kier molecular flexibility index (Phi) is 4.19. The van der Waals surface area contributed by atoms with Gasteiger partial charge in [-0.25, -0.2) is 9.37 Å². The van der Waals surface area contributed by atoms with Crippen molar-refractivity contribution in [2.45, 2.75) is 6.92 Å². The zero-order valence-corrected chi connectivity index (χ0v) is 13.0. The van der Waals surface area contributed by atoms with Crippen molar-refractivity contribution in [1.29, 1.82) is 0 Å². The Morgan fingerprint density at radius 2 is 1.65 bits per heavy atom. The van der Waals surface area contributed by atoms with Crippen LogP contribution in [0.3, 0.4) is 0 Å². The van der Waals surface area contributed by atoms with Gasteiger partial charge in [-0.3, -0.25) is 0 Å². The SMILES string of the molecule is Cc1cc(N(C)c2ccccc2)nc(Nc2ccc(F)cc2)n1. The van der Waals surface area contributed by atoms with Gasteiger partial charge in [0.2, 0.25) is 5.95 Å². The topological polar surface area (TPSA) is 41.1 Å². The molecule has 0 aliphatic rings. The van der Waals surface area contributed by atoms with E-state index in [1.807, 2.05) is 55.3 Å². The molecule has 5 heteroatoms. The number of halogens is 1. The largest absolute Gasteiger partial charge is 0.329 e. The molecule has 0 bridgehead atoms. The highest BCUT2D eigenvalue weighted by atomic mass is 19.1. The molecule has 0 saturated heterocycles. The summed E-state index contributed by atoms with van der Waals surface area (Å²) in [5.74, 6) is 0.993. The lowest BCUT2D eigenvalue weighted by Crippen LogP contribution is -2.13. The van der Waals surface area contributed by atoms with Crippen LogP contribution in [0.15, 0.2) is 60.7 Å². The molecular weight excluding hydrogens is 291 g/mol. The molecule has 0 atom stereocenters. The smallest absolute Gasteiger partial charge is 0.229 e. The first kappa shape index (κ1) is 15.0. The minimum atomic E-state index is -0.273. The summed E-state index contributed by atoms with van der Waals surface area (Å²) in [6.45, 7) is 1.92. The molecule has 1 aromatic heterocycles. The van der Waals surface area contributed by atoms with Crippen molar-refractivity contribution in [1.82, 2.24) is 9.97 Å². The lowest BCUT2D eigenvalue weighted by atomic mass is 10.3. The summed E-state index contributed by atoms with van der Waals surface area (Å²) in [4.78, 5) is 10.9. The maximum absolute atomic E-state index is 13.0. The van der Waals surface area contributed by atoms with Crippen LogP contribution in [0.1, 0.15) is 5.69 Å². The van der Waals surface area contributed by atoms with Gasteiger partial charge in [0.05, 0.1) is 0 Å². The lowest BCUT2D eigenvalue weighted by molar-refractivity contribution is 0.628. The maximum atomic E-state index is 13.0. The molecule has 0 saturated carbocycles. The summed E-state index contributed by atoms with van der Waals surface area (Å²) in [6, 6.07) is 18.0. The number of nitrogens with one attached hydrogen (secondary N) is 1. The molecule has 0 spiro atoms. The number of aromatic nitrogens is 2. The van der Waals surface area contributed by atoms with Gasteiger partial charge in [-0.2, -0.15) is 4.98 Å². The number of aryl methyl sites for hydroxylation is 1. The molecule has 116 valence electrons. The Morgan fingerprint density at radius 3 is 2.35 bits per heavy atom. The summed E-state index contributed by atoms with van der Waals surface area (Å²) in [5.41, 5.74) is 2.63. The van der Waals surface area contributed by atoms with E-state index >= 15 is 0 Å². The van der Waals surface area contributed by atoms with E-state index in [0.717, 1.165) is 22.9 Å². The number of anilines is 4. The Morgan fingerprint density at radius 1 is 0.957 bits per heavy atom. The molecule has 1 N–H and O–H groups in total. The second-order valence-corrected chi connectivity index (χ2v) is 5.22. The van der Waals surface area contributed by atoms with Crippen LogP contribution in [-0.4, -0.2) is 17.0 Å². The van der Waals surface area contributed by atoms with E-state index in [-0.39, 0.29) is 5.82 Å². The first-order chi connectivity index (χ1) is 11.1. The van der Waals surface area contributed by atoms with Crippen molar-refractivity contribution in [3.05, 3.63) is 72.2 Å². The summed E-state index contributed by atoms with van der Waals surface area (Å²) in [6.07, 6.45) is 0. The van der Waals surface area contributed by atoms with E-state index in [0.29, 0.717) is 5.95 Å². The molecule has 3 rings (SSSR count). The van der Waals surface area contributed by atoms with Gasteiger partial charge in [-0.1, -0.05) is 18.2 Å². The molecule has 1 heterocycles. The maximum Gasteiger partial charge on any atom is 0.229 e. The van der Waals surface area contributed by atoms with Crippen LogP contribution in [0.4, 0.5) is 27.5 Å². The van der Waals surface area contributed by atoms with Gasteiger partial charge >= 0.3 is 0 Å². The van der Waals surface area contributed by atoms with Gasteiger partial charge in [0.25, 0.3) is 0 Å². The van der Waals surface area contributed by atoms with E-state index in [1.54, 1.807) is 12.1 Å². The molecule has 0 aliphatic heterocycles. The molecule has 0 amide bonds. The number of hydrogen-bond donors (Lipinski definition) is 1. The average Bonchev–Trinajstić information content (AvgIpc) is 2.56. The van der Waals surface area contributed by atoms with Crippen molar-refractivity contribution < 1.29 is 4.39 Å². The van der Waals surface area contributed by atoms with Crippen molar-refractivity contribution in [2.24, 2.45) is 0 Å². The number of rotatable bonds is 4. The molecule has 3 aromatic rings. The Balaban J connectivity index is 1.88. The van der Waals surface area contributed by atoms with Gasteiger partial charge in [-0.15, -0.1) is 0 Å². The summed E-state index contributed by atoms with van der Waals surface area (Å²) in [5, 5.41) is 3.10. The average molecular weight is 308 g/mol. The van der Waals surface area contributed by atoms with Crippen LogP contribution in [-0.2, 0) is 0 Å². The predicted octanol–water partition coefficient (Wildman–Crippen LogP) is 4.44. The molecule has 2 aromatic carbocycles. The van der Waals surface area contributed by atoms with Crippen molar-refractivity contribution in [3.63, 3.8) is 0 Å². The molecule has 0 fully saturated rings. The fraction of sp³-hybridized carbons (Fsp3) is 0.111. The highest BCUT2D eigenvalue weighted by Crippen LogP contribution is 2.23. The third-order valence-corrected chi connectivity index (χ3v) is 3.43. The molecular formula is C18H17FN4. The number of para-hydroxylation sites is 1. The zero-order valence-electron chi connectivity index (χ0n) is 13.0. The van der Waals surface area contributed by atoms with Crippen LogP contribution < -0.4 is 10.2 Å². The molecule has 0 unspecified atom stereocenters. The molecule has 4 nitrogen and oxygen atoms in total. The first-order valence-electron chi connectivity index (χ1n) is 7.29. The second kappa shape index (κ2) is 6.44. The van der Waals surface area contributed by atoms with Crippen LogP contribution >= 0.6 is 0 Å². The van der Waals surface area contributed by atoms with Gasteiger partial charge < -0.3 is 10.2 Å². The minimum Gasteiger partial charge on any atom is -0.329 e. The van der Waals surface area contributed by atoms with E-state index in [4.69, 9.17) is 0 Å².